The molecule has 0 radical (unpaired) electrons. The molecule has 0 heterocycles. The first-order valence-corrected chi connectivity index (χ1v) is 7.87. The number of carbonyl (C=O) groups is 2. The van der Waals surface area contributed by atoms with Crippen molar-refractivity contribution in [2.45, 2.75) is 59.4 Å². The summed E-state index contributed by atoms with van der Waals surface area (Å²) in [5.74, 6) is -3.53. The molecule has 2 unspecified atom stereocenters. The summed E-state index contributed by atoms with van der Waals surface area (Å²) in [7, 11) is 0. The molecule has 0 bridgehead atoms. The Kier molecular flexibility index (Phi) is 10.2. The van der Waals surface area contributed by atoms with Gasteiger partial charge in [0.25, 0.3) is 0 Å². The molecule has 0 aliphatic carbocycles. The molecule has 128 valence electrons. The van der Waals surface area contributed by atoms with E-state index >= 15 is 0 Å². The van der Waals surface area contributed by atoms with E-state index in [9.17, 15) is 19.7 Å². The topological polar surface area (TPSA) is 95.7 Å². The van der Waals surface area contributed by atoms with Gasteiger partial charge in [-0.05, 0) is 20.3 Å². The van der Waals surface area contributed by atoms with Crippen LogP contribution in [-0.2, 0) is 19.1 Å². The van der Waals surface area contributed by atoms with Gasteiger partial charge in [-0.15, -0.1) is 0 Å². The lowest BCUT2D eigenvalue weighted by Crippen LogP contribution is -2.41. The minimum absolute atomic E-state index is 0.112. The first-order valence-electron chi connectivity index (χ1n) is 7.87. The molecule has 0 fully saturated rings. The molecule has 2 atom stereocenters. The van der Waals surface area contributed by atoms with Crippen LogP contribution in [0, 0.1) is 22.0 Å². The normalized spacial score (nSPS) is 13.5. The van der Waals surface area contributed by atoms with Gasteiger partial charge >= 0.3 is 11.9 Å². The molecule has 0 aromatic carbocycles. The Morgan fingerprint density at radius 3 is 1.91 bits per heavy atom. The average Bonchev–Trinajstić information content (AvgIpc) is 2.43. The lowest BCUT2D eigenvalue weighted by atomic mass is 9.85. The summed E-state index contributed by atoms with van der Waals surface area (Å²) in [4.78, 5) is 34.9. The maximum Gasteiger partial charge on any atom is 0.320 e. The lowest BCUT2D eigenvalue weighted by molar-refractivity contribution is -0.533. The van der Waals surface area contributed by atoms with E-state index in [0.29, 0.717) is 12.8 Å². The molecular weight excluding hydrogens is 290 g/mol. The van der Waals surface area contributed by atoms with Crippen LogP contribution in [0.4, 0.5) is 0 Å². The highest BCUT2D eigenvalue weighted by molar-refractivity contribution is 5.95. The Morgan fingerprint density at radius 1 is 1.05 bits per heavy atom. The lowest BCUT2D eigenvalue weighted by Gasteiger charge is -2.23. The number of ether oxygens (including phenoxy) is 2. The van der Waals surface area contributed by atoms with E-state index in [4.69, 9.17) is 9.47 Å². The first kappa shape index (κ1) is 20.3. The van der Waals surface area contributed by atoms with Gasteiger partial charge in [-0.3, -0.25) is 19.7 Å². The van der Waals surface area contributed by atoms with E-state index in [1.54, 1.807) is 13.8 Å². The van der Waals surface area contributed by atoms with Gasteiger partial charge in [0.2, 0.25) is 6.04 Å². The number of nitrogens with zero attached hydrogens (tertiary/aromatic N) is 1. The second-order valence-corrected chi connectivity index (χ2v) is 5.19. The van der Waals surface area contributed by atoms with Gasteiger partial charge in [-0.1, -0.05) is 26.7 Å². The molecule has 0 aliphatic heterocycles. The van der Waals surface area contributed by atoms with Gasteiger partial charge < -0.3 is 9.47 Å². The molecule has 22 heavy (non-hydrogen) atoms. The number of hydrogen-bond donors (Lipinski definition) is 0. The molecule has 0 spiro atoms. The van der Waals surface area contributed by atoms with E-state index in [2.05, 4.69) is 0 Å². The van der Waals surface area contributed by atoms with E-state index in [1.165, 1.54) is 6.92 Å². The zero-order chi connectivity index (χ0) is 17.1. The first-order chi connectivity index (χ1) is 10.4. The third-order valence-corrected chi connectivity index (χ3v) is 3.59. The molecule has 0 saturated heterocycles. The van der Waals surface area contributed by atoms with Crippen LogP contribution in [0.3, 0.4) is 0 Å². The van der Waals surface area contributed by atoms with E-state index in [1.807, 2.05) is 6.92 Å². The number of esters is 2. The summed E-state index contributed by atoms with van der Waals surface area (Å²) in [5, 5.41) is 11.3. The van der Waals surface area contributed by atoms with Crippen molar-refractivity contribution in [2.75, 3.05) is 13.2 Å². The Hall–Kier alpha value is -1.66. The molecule has 0 rings (SSSR count). The molecule has 0 saturated carbocycles. The number of nitro groups is 1. The fourth-order valence-corrected chi connectivity index (χ4v) is 2.38. The summed E-state index contributed by atoms with van der Waals surface area (Å²) in [6.45, 7) is 7.01. The maximum absolute atomic E-state index is 12.0. The van der Waals surface area contributed by atoms with Gasteiger partial charge in [0.15, 0.2) is 5.92 Å². The highest BCUT2D eigenvalue weighted by Gasteiger charge is 2.43. The van der Waals surface area contributed by atoms with Crippen molar-refractivity contribution >= 4 is 11.9 Å². The average molecular weight is 317 g/mol. The summed E-state index contributed by atoms with van der Waals surface area (Å²) in [6.07, 6.45) is 2.83. The van der Waals surface area contributed by atoms with E-state index in [-0.39, 0.29) is 13.2 Å². The third kappa shape index (κ3) is 6.41. The minimum Gasteiger partial charge on any atom is -0.465 e. The summed E-state index contributed by atoms with van der Waals surface area (Å²) < 4.78 is 9.77. The van der Waals surface area contributed by atoms with Crippen molar-refractivity contribution in [3.05, 3.63) is 10.1 Å². The quantitative estimate of drug-likeness (QED) is 0.191. The van der Waals surface area contributed by atoms with Crippen molar-refractivity contribution in [3.63, 3.8) is 0 Å². The molecule has 0 aliphatic rings. The standard InChI is InChI=1S/C15H27NO6/c1-5-8-9-10-12(16(19)20)11(4)13(14(17)21-6-2)15(18)22-7-3/h11-13H,5-10H2,1-4H3. The summed E-state index contributed by atoms with van der Waals surface area (Å²) in [5.41, 5.74) is 0. The second kappa shape index (κ2) is 11.0. The van der Waals surface area contributed by atoms with Crippen molar-refractivity contribution in [2.24, 2.45) is 11.8 Å². The molecule has 0 aromatic heterocycles. The van der Waals surface area contributed by atoms with Crippen molar-refractivity contribution in [1.29, 1.82) is 0 Å². The van der Waals surface area contributed by atoms with Crippen LogP contribution in [0.25, 0.3) is 0 Å². The van der Waals surface area contributed by atoms with Gasteiger partial charge in [0.05, 0.1) is 13.2 Å². The van der Waals surface area contributed by atoms with Crippen molar-refractivity contribution in [3.8, 4) is 0 Å². The molecule has 0 amide bonds. The van der Waals surface area contributed by atoms with Gasteiger partial charge in [-0.2, -0.15) is 0 Å². The van der Waals surface area contributed by atoms with Crippen molar-refractivity contribution in [1.82, 2.24) is 0 Å². The third-order valence-electron chi connectivity index (χ3n) is 3.59. The largest absolute Gasteiger partial charge is 0.465 e. The summed E-state index contributed by atoms with van der Waals surface area (Å²) >= 11 is 0. The molecule has 7 nitrogen and oxygen atoms in total. The zero-order valence-corrected chi connectivity index (χ0v) is 13.9. The number of carbonyl (C=O) groups excluding carboxylic acids is 2. The zero-order valence-electron chi connectivity index (χ0n) is 13.9. The fraction of sp³-hybridized carbons (Fsp3) is 0.867. The Balaban J connectivity index is 5.16. The SMILES string of the molecule is CCCCCC(C(C)C(C(=O)OCC)C(=O)OCC)[N+](=O)[O-]. The van der Waals surface area contributed by atoms with Crippen LogP contribution in [0.1, 0.15) is 53.4 Å². The van der Waals surface area contributed by atoms with Crippen LogP contribution in [0.5, 0.6) is 0 Å². The predicted molar refractivity (Wildman–Crippen MR) is 80.8 cm³/mol. The van der Waals surface area contributed by atoms with E-state index in [0.717, 1.165) is 12.8 Å². The molecule has 0 N–H and O–H groups in total. The van der Waals surface area contributed by atoms with Crippen LogP contribution < -0.4 is 0 Å². The van der Waals surface area contributed by atoms with Gasteiger partial charge in [-0.25, -0.2) is 0 Å². The molecule has 0 aromatic rings. The molecular formula is C15H27NO6. The minimum atomic E-state index is -1.25. The predicted octanol–water partition coefficient (Wildman–Crippen LogP) is 2.59. The number of hydrogen-bond acceptors (Lipinski definition) is 6. The second-order valence-electron chi connectivity index (χ2n) is 5.19. The van der Waals surface area contributed by atoms with E-state index < -0.39 is 34.7 Å². The highest BCUT2D eigenvalue weighted by Crippen LogP contribution is 2.25. The van der Waals surface area contributed by atoms with Crippen molar-refractivity contribution < 1.29 is 24.0 Å². The fourth-order valence-electron chi connectivity index (χ4n) is 2.38. The molecule has 7 heteroatoms. The maximum atomic E-state index is 12.0. The van der Waals surface area contributed by atoms with Gasteiger partial charge in [0.1, 0.15) is 0 Å². The van der Waals surface area contributed by atoms with Crippen LogP contribution in [0.15, 0.2) is 0 Å². The Morgan fingerprint density at radius 2 is 1.55 bits per heavy atom. The Bertz CT molecular complexity index is 353. The van der Waals surface area contributed by atoms with Crippen LogP contribution >= 0.6 is 0 Å². The Labute approximate surface area is 131 Å². The smallest absolute Gasteiger partial charge is 0.320 e. The monoisotopic (exact) mass is 317 g/mol. The summed E-state index contributed by atoms with van der Waals surface area (Å²) in [6, 6.07) is -0.967. The number of rotatable bonds is 11. The van der Waals surface area contributed by atoms with Gasteiger partial charge in [0, 0.05) is 17.3 Å². The van der Waals surface area contributed by atoms with Crippen LogP contribution in [-0.4, -0.2) is 36.1 Å². The highest BCUT2D eigenvalue weighted by atomic mass is 16.6. The number of unbranched alkanes of at least 4 members (excludes halogenated alkanes) is 2. The van der Waals surface area contributed by atoms with Crippen LogP contribution in [0.2, 0.25) is 0 Å².